The lowest BCUT2D eigenvalue weighted by atomic mass is 10.4. The molecule has 84 valence electrons. The molecule has 1 rings (SSSR count). The van der Waals surface area contributed by atoms with E-state index in [9.17, 15) is 13.2 Å². The molecule has 1 aliphatic heterocycles. The first-order valence-corrected chi connectivity index (χ1v) is 6.96. The molecule has 1 aliphatic rings. The maximum atomic E-state index is 11.3. The Morgan fingerprint density at radius 1 is 1.47 bits per heavy atom. The van der Waals surface area contributed by atoms with Gasteiger partial charge in [0.05, 0.1) is 4.99 Å². The normalized spacial score (nSPS) is 18.1. The summed E-state index contributed by atoms with van der Waals surface area (Å²) < 4.78 is 21.5. The molecular formula is C9H13NO3S2. The summed E-state index contributed by atoms with van der Waals surface area (Å²) in [6.45, 7) is 0.476. The summed E-state index contributed by atoms with van der Waals surface area (Å²) in [7, 11) is -3.06. The number of amides is 1. The number of carbonyl (C=O) groups excluding carboxylic acids is 1. The molecule has 0 spiro atoms. The highest BCUT2D eigenvalue weighted by molar-refractivity contribution is 7.93. The van der Waals surface area contributed by atoms with E-state index in [2.05, 4.69) is 0 Å². The van der Waals surface area contributed by atoms with Crippen LogP contribution in [0.25, 0.3) is 0 Å². The Morgan fingerprint density at radius 2 is 2.13 bits per heavy atom. The molecular weight excluding hydrogens is 234 g/mol. The van der Waals surface area contributed by atoms with Gasteiger partial charge in [-0.05, 0) is 6.42 Å². The van der Waals surface area contributed by atoms with Gasteiger partial charge in [0.2, 0.25) is 5.91 Å². The molecule has 1 fully saturated rings. The van der Waals surface area contributed by atoms with Gasteiger partial charge in [-0.15, -0.1) is 0 Å². The summed E-state index contributed by atoms with van der Waals surface area (Å²) in [6, 6.07) is 0. The van der Waals surface area contributed by atoms with E-state index in [0.717, 1.165) is 11.7 Å². The Morgan fingerprint density at radius 3 is 2.60 bits per heavy atom. The van der Waals surface area contributed by atoms with Crippen LogP contribution in [0.1, 0.15) is 19.3 Å². The lowest BCUT2D eigenvalue weighted by Gasteiger charge is -2.13. The molecule has 6 heteroatoms. The van der Waals surface area contributed by atoms with Gasteiger partial charge in [-0.3, -0.25) is 4.79 Å². The Bertz CT molecular complexity index is 382. The largest absolute Gasteiger partial charge is 0.306 e. The van der Waals surface area contributed by atoms with Gasteiger partial charge in [0, 0.05) is 31.1 Å². The molecule has 4 nitrogen and oxygen atoms in total. The fourth-order valence-corrected chi connectivity index (χ4v) is 2.10. The average molecular weight is 247 g/mol. The van der Waals surface area contributed by atoms with E-state index in [1.165, 1.54) is 0 Å². The summed E-state index contributed by atoms with van der Waals surface area (Å²) in [5.41, 5.74) is 0. The van der Waals surface area contributed by atoms with Crippen molar-refractivity contribution in [2.75, 3.05) is 12.8 Å². The van der Waals surface area contributed by atoms with E-state index >= 15 is 0 Å². The maximum Gasteiger partial charge on any atom is 0.227 e. The van der Waals surface area contributed by atoms with Gasteiger partial charge in [-0.1, -0.05) is 18.3 Å². The first-order valence-electron chi connectivity index (χ1n) is 4.60. The Kier molecular flexibility index (Phi) is 3.98. The first kappa shape index (κ1) is 12.3. The summed E-state index contributed by atoms with van der Waals surface area (Å²) in [6.07, 6.45) is 4.32. The second kappa shape index (κ2) is 4.85. The molecule has 0 bridgehead atoms. The van der Waals surface area contributed by atoms with Crippen LogP contribution < -0.4 is 0 Å². The molecule has 0 radical (unpaired) electrons. The molecule has 0 aromatic heterocycles. The van der Waals surface area contributed by atoms with Crippen LogP contribution in [-0.4, -0.2) is 37.0 Å². The predicted molar refractivity (Wildman–Crippen MR) is 62.1 cm³/mol. The van der Waals surface area contributed by atoms with Crippen molar-refractivity contribution in [3.8, 4) is 0 Å². The third-order valence-corrected chi connectivity index (χ3v) is 3.13. The number of likely N-dealkylation sites (tertiary alicyclic amines) is 1. The zero-order chi connectivity index (χ0) is 11.5. The zero-order valence-electron chi connectivity index (χ0n) is 8.47. The third kappa shape index (κ3) is 4.09. The number of carbonyl (C=O) groups is 1. The van der Waals surface area contributed by atoms with Crippen molar-refractivity contribution in [3.05, 3.63) is 11.5 Å². The Hall–Kier alpha value is -0.750. The summed E-state index contributed by atoms with van der Waals surface area (Å²) in [5.74, 6) is 0.0350. The smallest absolute Gasteiger partial charge is 0.227 e. The molecule has 0 unspecified atom stereocenters. The highest BCUT2D eigenvalue weighted by Gasteiger charge is 2.24. The highest BCUT2D eigenvalue weighted by atomic mass is 32.2. The minimum atomic E-state index is -3.06. The monoisotopic (exact) mass is 247 g/mol. The van der Waals surface area contributed by atoms with E-state index in [1.54, 1.807) is 11.0 Å². The molecule has 1 heterocycles. The molecule has 0 aromatic carbocycles. The third-order valence-electron chi connectivity index (χ3n) is 2.02. The van der Waals surface area contributed by atoms with Crippen LogP contribution in [0.3, 0.4) is 0 Å². The average Bonchev–Trinajstić information content (AvgIpc) is 2.40. The summed E-state index contributed by atoms with van der Waals surface area (Å²) >= 11 is 5.00. The van der Waals surface area contributed by atoms with Gasteiger partial charge in [0.15, 0.2) is 9.84 Å². The second-order valence-electron chi connectivity index (χ2n) is 3.43. The lowest BCUT2D eigenvalue weighted by Crippen LogP contribution is -2.28. The molecule has 1 saturated heterocycles. The molecule has 0 saturated carbocycles. The number of nitrogens with zero attached hydrogens (tertiary/aromatic N) is 1. The van der Waals surface area contributed by atoms with Gasteiger partial charge < -0.3 is 4.90 Å². The van der Waals surface area contributed by atoms with E-state index in [0.29, 0.717) is 30.8 Å². The predicted octanol–water partition coefficient (Wildman–Crippen LogP) is 0.885. The molecule has 0 atom stereocenters. The molecule has 0 N–H and O–H groups in total. The fraction of sp³-hybridized carbons (Fsp3) is 0.556. The first-order chi connectivity index (χ1) is 6.90. The number of thiocarbonyl (C=S) groups is 1. The van der Waals surface area contributed by atoms with Crippen LogP contribution in [-0.2, 0) is 14.6 Å². The van der Waals surface area contributed by atoms with Crippen LogP contribution >= 0.6 is 12.2 Å². The van der Waals surface area contributed by atoms with Crippen LogP contribution in [0.5, 0.6) is 0 Å². The Labute approximate surface area is 94.9 Å². The topological polar surface area (TPSA) is 54.5 Å². The number of hydrogen-bond acceptors (Lipinski definition) is 4. The van der Waals surface area contributed by atoms with Crippen LogP contribution in [0.15, 0.2) is 11.5 Å². The van der Waals surface area contributed by atoms with Crippen molar-refractivity contribution < 1.29 is 13.2 Å². The zero-order valence-corrected chi connectivity index (χ0v) is 10.1. The molecule has 15 heavy (non-hydrogen) atoms. The fourth-order valence-electron chi connectivity index (χ4n) is 1.32. The Balaban J connectivity index is 2.41. The molecule has 0 aromatic rings. The lowest BCUT2D eigenvalue weighted by molar-refractivity contribution is -0.125. The minimum Gasteiger partial charge on any atom is -0.306 e. The van der Waals surface area contributed by atoms with Crippen molar-refractivity contribution in [2.45, 2.75) is 19.3 Å². The second-order valence-corrected chi connectivity index (χ2v) is 5.83. The van der Waals surface area contributed by atoms with Crippen molar-refractivity contribution in [1.29, 1.82) is 0 Å². The SMILES string of the molecule is CS(=O)(=O)C=CCCN1C(=O)CCC1=S. The molecule has 1 amide bonds. The van der Waals surface area contributed by atoms with Crippen molar-refractivity contribution in [1.82, 2.24) is 4.90 Å². The standard InChI is InChI=1S/C9H13NO3S2/c1-15(12,13)7-3-2-6-10-8(11)4-5-9(10)14/h3,7H,2,4-6H2,1H3. The van der Waals surface area contributed by atoms with Crippen molar-refractivity contribution in [2.24, 2.45) is 0 Å². The van der Waals surface area contributed by atoms with Gasteiger partial charge in [0.25, 0.3) is 0 Å². The van der Waals surface area contributed by atoms with Crippen LogP contribution in [0.4, 0.5) is 0 Å². The van der Waals surface area contributed by atoms with E-state index < -0.39 is 9.84 Å². The van der Waals surface area contributed by atoms with E-state index in [1.807, 2.05) is 0 Å². The summed E-state index contributed by atoms with van der Waals surface area (Å²) in [4.78, 5) is 13.5. The molecule has 0 aliphatic carbocycles. The van der Waals surface area contributed by atoms with Crippen LogP contribution in [0, 0.1) is 0 Å². The van der Waals surface area contributed by atoms with E-state index in [4.69, 9.17) is 12.2 Å². The van der Waals surface area contributed by atoms with Gasteiger partial charge in [-0.25, -0.2) is 8.42 Å². The highest BCUT2D eigenvalue weighted by Crippen LogP contribution is 2.13. The maximum absolute atomic E-state index is 11.3. The van der Waals surface area contributed by atoms with Gasteiger partial charge in [-0.2, -0.15) is 0 Å². The van der Waals surface area contributed by atoms with Gasteiger partial charge in [0.1, 0.15) is 0 Å². The van der Waals surface area contributed by atoms with Gasteiger partial charge >= 0.3 is 0 Å². The number of rotatable bonds is 4. The van der Waals surface area contributed by atoms with E-state index in [-0.39, 0.29) is 5.91 Å². The van der Waals surface area contributed by atoms with Crippen LogP contribution in [0.2, 0.25) is 0 Å². The minimum absolute atomic E-state index is 0.0350. The number of sulfone groups is 1. The quantitative estimate of drug-likeness (QED) is 0.692. The summed E-state index contributed by atoms with van der Waals surface area (Å²) in [5, 5.41) is 1.15. The van der Waals surface area contributed by atoms with Crippen molar-refractivity contribution >= 4 is 33.0 Å². The van der Waals surface area contributed by atoms with Crippen molar-refractivity contribution in [3.63, 3.8) is 0 Å². The number of hydrogen-bond donors (Lipinski definition) is 0.